The molecule has 0 spiro atoms. The van der Waals surface area contributed by atoms with Crippen LogP contribution in [0.2, 0.25) is 5.02 Å². The van der Waals surface area contributed by atoms with Gasteiger partial charge in [-0.1, -0.05) is 42.8 Å². The Hall–Kier alpha value is -2.74. The summed E-state index contributed by atoms with van der Waals surface area (Å²) in [5, 5.41) is 9.47. The van der Waals surface area contributed by atoms with Crippen LogP contribution in [-0.2, 0) is 21.2 Å². The number of benzene rings is 2. The van der Waals surface area contributed by atoms with Crippen LogP contribution in [0.25, 0.3) is 11.1 Å². The molecular weight excluding hydrogens is 472 g/mol. The largest absolute Gasteiger partial charge is 0.481 e. The number of carboxylic acid groups (broad SMARTS) is 1. The summed E-state index contributed by atoms with van der Waals surface area (Å²) in [5.41, 5.74) is 4.42. The van der Waals surface area contributed by atoms with Crippen LogP contribution in [0.4, 0.5) is 0 Å². The van der Waals surface area contributed by atoms with Crippen LogP contribution < -0.4 is 0 Å². The predicted molar refractivity (Wildman–Crippen MR) is 134 cm³/mol. The molecule has 34 heavy (non-hydrogen) atoms. The third-order valence-electron chi connectivity index (χ3n) is 5.97. The fourth-order valence-corrected chi connectivity index (χ4v) is 6.16. The number of carbonyl (C=O) groups is 1. The smallest absolute Gasteiger partial charge is 0.303 e. The van der Waals surface area contributed by atoms with Crippen LogP contribution >= 0.6 is 11.6 Å². The Morgan fingerprint density at radius 3 is 2.62 bits per heavy atom. The standard InChI is InChI=1S/C26H29ClN2O4S/c1-4-20-17-28-14-13-23(20)22-9-5-8-21(16-22)19(3)29(15-7-12-26(30)31)34(32,33)25-11-6-10-24(27)18(25)2/h5-6,8-11,13-14,16-17,19H,4,7,12,15H2,1-3H3,(H,30,31)/t19-/m0/s1. The molecule has 0 aliphatic carbocycles. The average Bonchev–Trinajstić information content (AvgIpc) is 2.82. The molecule has 0 radical (unpaired) electrons. The van der Waals surface area contributed by atoms with Crippen molar-refractivity contribution in [3.63, 3.8) is 0 Å². The quantitative estimate of drug-likeness (QED) is 0.375. The minimum atomic E-state index is -3.94. The second kappa shape index (κ2) is 11.1. The minimum absolute atomic E-state index is 0.0709. The number of pyridine rings is 1. The summed E-state index contributed by atoms with van der Waals surface area (Å²) < 4.78 is 28.9. The fourth-order valence-electron chi connectivity index (χ4n) is 4.02. The molecule has 0 aliphatic heterocycles. The summed E-state index contributed by atoms with van der Waals surface area (Å²) in [5.74, 6) is -0.962. The van der Waals surface area contributed by atoms with E-state index in [2.05, 4.69) is 11.9 Å². The number of nitrogens with zero attached hydrogens (tertiary/aromatic N) is 2. The first-order valence-corrected chi connectivity index (χ1v) is 13.0. The van der Waals surface area contributed by atoms with Crippen LogP contribution in [-0.4, -0.2) is 35.3 Å². The molecule has 0 unspecified atom stereocenters. The summed E-state index contributed by atoms with van der Waals surface area (Å²) in [6, 6.07) is 14.0. The maximum atomic E-state index is 13.8. The fraction of sp³-hybridized carbons (Fsp3) is 0.308. The van der Waals surface area contributed by atoms with Crippen LogP contribution in [0.3, 0.4) is 0 Å². The lowest BCUT2D eigenvalue weighted by atomic mass is 9.97. The second-order valence-electron chi connectivity index (χ2n) is 8.16. The van der Waals surface area contributed by atoms with Crippen molar-refractivity contribution in [1.82, 2.24) is 9.29 Å². The molecule has 3 rings (SSSR count). The Kier molecular flexibility index (Phi) is 8.47. The van der Waals surface area contributed by atoms with Crippen molar-refractivity contribution in [3.05, 3.63) is 82.6 Å². The van der Waals surface area contributed by atoms with Crippen LogP contribution in [0.1, 0.15) is 49.4 Å². The monoisotopic (exact) mass is 500 g/mol. The normalized spacial score (nSPS) is 12.6. The van der Waals surface area contributed by atoms with Gasteiger partial charge in [-0.15, -0.1) is 0 Å². The molecule has 0 bridgehead atoms. The number of hydrogen-bond donors (Lipinski definition) is 1. The minimum Gasteiger partial charge on any atom is -0.481 e. The van der Waals surface area contributed by atoms with E-state index in [0.717, 1.165) is 28.7 Å². The van der Waals surface area contributed by atoms with E-state index in [4.69, 9.17) is 16.7 Å². The van der Waals surface area contributed by atoms with Crippen molar-refractivity contribution in [2.45, 2.75) is 51.0 Å². The Labute approximate surface area is 206 Å². The molecular formula is C26H29ClN2O4S. The third-order valence-corrected chi connectivity index (χ3v) is 8.49. The molecule has 0 amide bonds. The SMILES string of the molecule is CCc1cnccc1-c1cccc([C@H](C)N(CCCC(=O)O)S(=O)(=O)c2cccc(Cl)c2C)c1. The number of sulfonamides is 1. The molecule has 1 atom stereocenters. The van der Waals surface area contributed by atoms with Gasteiger partial charge in [0.25, 0.3) is 0 Å². The van der Waals surface area contributed by atoms with E-state index in [0.29, 0.717) is 10.6 Å². The molecule has 1 aromatic heterocycles. The van der Waals surface area contributed by atoms with Gasteiger partial charge in [0, 0.05) is 36.4 Å². The van der Waals surface area contributed by atoms with Crippen LogP contribution in [0.5, 0.6) is 0 Å². The molecule has 6 nitrogen and oxygen atoms in total. The number of aryl methyl sites for hydroxylation is 1. The van der Waals surface area contributed by atoms with Crippen molar-refractivity contribution in [3.8, 4) is 11.1 Å². The van der Waals surface area contributed by atoms with Gasteiger partial charge in [0.05, 0.1) is 4.90 Å². The Bertz CT molecular complexity index is 1280. The predicted octanol–water partition coefficient (Wildman–Crippen LogP) is 5.89. The van der Waals surface area contributed by atoms with Gasteiger partial charge in [0.15, 0.2) is 0 Å². The lowest BCUT2D eigenvalue weighted by Crippen LogP contribution is -2.35. The van der Waals surface area contributed by atoms with E-state index in [-0.39, 0.29) is 24.3 Å². The zero-order valence-corrected chi connectivity index (χ0v) is 21.1. The highest BCUT2D eigenvalue weighted by Gasteiger charge is 2.31. The number of rotatable bonds is 10. The number of hydrogen-bond acceptors (Lipinski definition) is 4. The van der Waals surface area contributed by atoms with Gasteiger partial charge in [0.1, 0.15) is 0 Å². The molecule has 3 aromatic rings. The van der Waals surface area contributed by atoms with Gasteiger partial charge in [0.2, 0.25) is 10.0 Å². The lowest BCUT2D eigenvalue weighted by Gasteiger charge is -2.29. The molecule has 0 fully saturated rings. The summed E-state index contributed by atoms with van der Waals surface area (Å²) in [6.07, 6.45) is 4.49. The highest BCUT2D eigenvalue weighted by atomic mass is 35.5. The Balaban J connectivity index is 2.05. The maximum absolute atomic E-state index is 13.8. The molecule has 0 saturated heterocycles. The first-order chi connectivity index (χ1) is 16.2. The van der Waals surface area contributed by atoms with Crippen molar-refractivity contribution in [2.75, 3.05) is 6.54 Å². The van der Waals surface area contributed by atoms with Crippen molar-refractivity contribution in [2.24, 2.45) is 0 Å². The Morgan fingerprint density at radius 2 is 1.91 bits per heavy atom. The van der Waals surface area contributed by atoms with Gasteiger partial charge in [-0.3, -0.25) is 9.78 Å². The van der Waals surface area contributed by atoms with E-state index in [9.17, 15) is 13.2 Å². The zero-order valence-electron chi connectivity index (χ0n) is 19.5. The first kappa shape index (κ1) is 25.9. The summed E-state index contributed by atoms with van der Waals surface area (Å²) in [7, 11) is -3.94. The number of carboxylic acids is 1. The van der Waals surface area contributed by atoms with Crippen LogP contribution in [0, 0.1) is 6.92 Å². The molecule has 180 valence electrons. The second-order valence-corrected chi connectivity index (χ2v) is 10.4. The first-order valence-electron chi connectivity index (χ1n) is 11.2. The maximum Gasteiger partial charge on any atom is 0.303 e. The number of aromatic nitrogens is 1. The van der Waals surface area contributed by atoms with Crippen molar-refractivity contribution in [1.29, 1.82) is 0 Å². The van der Waals surface area contributed by atoms with E-state index >= 15 is 0 Å². The van der Waals surface area contributed by atoms with Gasteiger partial charge >= 0.3 is 5.97 Å². The summed E-state index contributed by atoms with van der Waals surface area (Å²) in [4.78, 5) is 15.4. The number of halogens is 1. The van der Waals surface area contributed by atoms with E-state index < -0.39 is 22.0 Å². The third kappa shape index (κ3) is 5.66. The van der Waals surface area contributed by atoms with Gasteiger partial charge < -0.3 is 5.11 Å². The van der Waals surface area contributed by atoms with E-state index in [1.165, 1.54) is 10.4 Å². The zero-order chi connectivity index (χ0) is 24.9. The molecule has 2 aromatic carbocycles. The highest BCUT2D eigenvalue weighted by Crippen LogP contribution is 2.33. The Morgan fingerprint density at radius 1 is 1.18 bits per heavy atom. The van der Waals surface area contributed by atoms with Crippen LogP contribution in [0.15, 0.2) is 65.8 Å². The van der Waals surface area contributed by atoms with Crippen molar-refractivity contribution < 1.29 is 18.3 Å². The molecule has 0 saturated carbocycles. The van der Waals surface area contributed by atoms with E-state index in [1.807, 2.05) is 43.5 Å². The highest BCUT2D eigenvalue weighted by molar-refractivity contribution is 7.89. The van der Waals surface area contributed by atoms with Gasteiger partial charge in [-0.05, 0) is 78.8 Å². The summed E-state index contributed by atoms with van der Waals surface area (Å²) >= 11 is 6.22. The summed E-state index contributed by atoms with van der Waals surface area (Å²) in [6.45, 7) is 5.63. The van der Waals surface area contributed by atoms with Gasteiger partial charge in [-0.2, -0.15) is 4.31 Å². The molecule has 1 heterocycles. The molecule has 8 heteroatoms. The lowest BCUT2D eigenvalue weighted by molar-refractivity contribution is -0.137. The molecule has 0 aliphatic rings. The topological polar surface area (TPSA) is 87.6 Å². The van der Waals surface area contributed by atoms with Gasteiger partial charge in [-0.25, -0.2) is 8.42 Å². The number of aliphatic carboxylic acids is 1. The van der Waals surface area contributed by atoms with Crippen molar-refractivity contribution >= 4 is 27.6 Å². The average molecular weight is 501 g/mol. The van der Waals surface area contributed by atoms with E-state index in [1.54, 1.807) is 25.3 Å². The molecule has 1 N–H and O–H groups in total.